The highest BCUT2D eigenvalue weighted by atomic mass is 32.2. The van der Waals surface area contributed by atoms with Crippen LogP contribution in [0.2, 0.25) is 0 Å². The highest BCUT2D eigenvalue weighted by molar-refractivity contribution is 7.92. The number of hydrogen-bond donors (Lipinski definition) is 2. The van der Waals surface area contributed by atoms with Crippen molar-refractivity contribution in [1.29, 1.82) is 0 Å². The van der Waals surface area contributed by atoms with Crippen LogP contribution in [0.1, 0.15) is 34.0 Å². The van der Waals surface area contributed by atoms with Gasteiger partial charge in [-0.15, -0.1) is 0 Å². The maximum atomic E-state index is 12.7. The lowest BCUT2D eigenvalue weighted by atomic mass is 10.1. The van der Waals surface area contributed by atoms with Gasteiger partial charge in [-0.05, 0) is 60.9 Å². The molecule has 184 valence electrons. The van der Waals surface area contributed by atoms with Crippen molar-refractivity contribution in [2.24, 2.45) is 0 Å². The van der Waals surface area contributed by atoms with Crippen LogP contribution in [0.25, 0.3) is 0 Å². The van der Waals surface area contributed by atoms with Crippen molar-refractivity contribution in [2.45, 2.75) is 37.9 Å². The lowest BCUT2D eigenvalue weighted by Gasteiger charge is -2.31. The molecule has 1 atom stereocenters. The molecule has 35 heavy (non-hydrogen) atoms. The predicted octanol–water partition coefficient (Wildman–Crippen LogP) is 3.95. The molecule has 0 spiro atoms. The van der Waals surface area contributed by atoms with Gasteiger partial charge >= 0.3 is 0 Å². The topological polar surface area (TPSA) is 87.7 Å². The van der Waals surface area contributed by atoms with Crippen LogP contribution in [0.4, 0.5) is 5.69 Å². The summed E-state index contributed by atoms with van der Waals surface area (Å²) in [7, 11) is -3.75. The number of nitrogens with one attached hydrogen (secondary N) is 2. The van der Waals surface area contributed by atoms with E-state index in [1.165, 1.54) is 29.8 Å². The number of hydrogen-bond acceptors (Lipinski definition) is 5. The Labute approximate surface area is 207 Å². The monoisotopic (exact) mass is 493 g/mol. The number of para-hydroxylation sites is 1. The minimum Gasteiger partial charge on any atom is -0.376 e. The van der Waals surface area contributed by atoms with Crippen molar-refractivity contribution in [3.8, 4) is 0 Å². The molecule has 0 bridgehead atoms. The Hall–Kier alpha value is -3.20. The first-order valence-corrected chi connectivity index (χ1v) is 13.2. The maximum Gasteiger partial charge on any atom is 0.261 e. The second-order valence-electron chi connectivity index (χ2n) is 8.86. The minimum absolute atomic E-state index is 0.0995. The molecule has 3 aromatic carbocycles. The van der Waals surface area contributed by atoms with E-state index in [9.17, 15) is 13.2 Å². The number of amides is 1. The largest absolute Gasteiger partial charge is 0.376 e. The summed E-state index contributed by atoms with van der Waals surface area (Å²) < 4.78 is 33.6. The normalized spacial score (nSPS) is 16.6. The molecular formula is C27H31N3O4S. The molecule has 1 fully saturated rings. The number of carbonyl (C=O) groups is 1. The number of carbonyl (C=O) groups excluding carboxylic acids is 1. The molecule has 7 nitrogen and oxygen atoms in total. The molecule has 4 rings (SSSR count). The summed E-state index contributed by atoms with van der Waals surface area (Å²) in [5.41, 5.74) is 3.97. The van der Waals surface area contributed by atoms with Gasteiger partial charge in [0, 0.05) is 31.7 Å². The van der Waals surface area contributed by atoms with E-state index in [-0.39, 0.29) is 16.9 Å². The number of ether oxygens (including phenoxy) is 1. The smallest absolute Gasteiger partial charge is 0.261 e. The SMILES string of the molecule is Cc1ccccc1NS(=O)(=O)c1ccc(C(=O)NCc2cccc(CN3CCOC(C)C3)c2)cc1. The molecule has 1 aliphatic heterocycles. The highest BCUT2D eigenvalue weighted by Gasteiger charge is 2.18. The minimum atomic E-state index is -3.75. The second-order valence-corrected chi connectivity index (χ2v) is 10.5. The van der Waals surface area contributed by atoms with E-state index in [0.29, 0.717) is 17.8 Å². The van der Waals surface area contributed by atoms with Crippen molar-refractivity contribution in [3.63, 3.8) is 0 Å². The van der Waals surface area contributed by atoms with Gasteiger partial charge in [0.2, 0.25) is 0 Å². The quantitative estimate of drug-likeness (QED) is 0.496. The number of nitrogens with zero attached hydrogens (tertiary/aromatic N) is 1. The Morgan fingerprint density at radius 3 is 2.51 bits per heavy atom. The molecule has 1 unspecified atom stereocenters. The fourth-order valence-electron chi connectivity index (χ4n) is 4.09. The molecule has 1 amide bonds. The molecule has 8 heteroatoms. The molecule has 0 aromatic heterocycles. The fraction of sp³-hybridized carbons (Fsp3) is 0.296. The zero-order valence-electron chi connectivity index (χ0n) is 20.0. The summed E-state index contributed by atoms with van der Waals surface area (Å²) in [6.07, 6.45) is 0.242. The lowest BCUT2D eigenvalue weighted by molar-refractivity contribution is -0.0212. The summed E-state index contributed by atoms with van der Waals surface area (Å²) in [5, 5.41) is 2.92. The fourth-order valence-corrected chi connectivity index (χ4v) is 5.22. The molecule has 2 N–H and O–H groups in total. The first kappa shape index (κ1) is 24.9. The van der Waals surface area contributed by atoms with Gasteiger partial charge in [0.25, 0.3) is 15.9 Å². The summed E-state index contributed by atoms with van der Waals surface area (Å²) in [6.45, 7) is 7.73. The van der Waals surface area contributed by atoms with E-state index in [2.05, 4.69) is 34.0 Å². The first-order valence-electron chi connectivity index (χ1n) is 11.7. The predicted molar refractivity (Wildman–Crippen MR) is 137 cm³/mol. The van der Waals surface area contributed by atoms with Crippen LogP contribution in [-0.4, -0.2) is 45.0 Å². The summed E-state index contributed by atoms with van der Waals surface area (Å²) in [5.74, 6) is -0.256. The Morgan fingerprint density at radius 1 is 1.03 bits per heavy atom. The van der Waals surface area contributed by atoms with Crippen molar-refractivity contribution in [1.82, 2.24) is 10.2 Å². The Kier molecular flexibility index (Phi) is 7.85. The number of benzene rings is 3. The third-order valence-corrected chi connectivity index (χ3v) is 7.37. The Morgan fingerprint density at radius 2 is 1.77 bits per heavy atom. The van der Waals surface area contributed by atoms with E-state index in [1.54, 1.807) is 12.1 Å². The van der Waals surface area contributed by atoms with Gasteiger partial charge in [-0.3, -0.25) is 14.4 Å². The van der Waals surface area contributed by atoms with E-state index in [0.717, 1.165) is 37.4 Å². The number of morpholine rings is 1. The van der Waals surface area contributed by atoms with Crippen molar-refractivity contribution >= 4 is 21.6 Å². The molecule has 0 saturated carbocycles. The van der Waals surface area contributed by atoms with Crippen LogP contribution in [0.15, 0.2) is 77.7 Å². The molecule has 0 aliphatic carbocycles. The van der Waals surface area contributed by atoms with Crippen LogP contribution < -0.4 is 10.0 Å². The van der Waals surface area contributed by atoms with Crippen molar-refractivity contribution < 1.29 is 17.9 Å². The maximum absolute atomic E-state index is 12.7. The summed E-state index contributed by atoms with van der Waals surface area (Å²) in [4.78, 5) is 15.1. The highest BCUT2D eigenvalue weighted by Crippen LogP contribution is 2.20. The molecule has 1 aliphatic rings. The summed E-state index contributed by atoms with van der Waals surface area (Å²) in [6, 6.07) is 21.3. The second kappa shape index (κ2) is 11.0. The van der Waals surface area contributed by atoms with Gasteiger partial charge in [0.1, 0.15) is 0 Å². The van der Waals surface area contributed by atoms with Gasteiger partial charge in [-0.25, -0.2) is 8.42 Å². The van der Waals surface area contributed by atoms with Gasteiger partial charge in [-0.1, -0.05) is 42.5 Å². The standard InChI is InChI=1S/C27H31N3O4S/c1-20-6-3-4-9-26(20)29-35(32,33)25-12-10-24(11-13-25)27(31)28-17-22-7-5-8-23(16-22)19-30-14-15-34-21(2)18-30/h3-13,16,21,29H,14-15,17-19H2,1-2H3,(H,28,31). The van der Waals surface area contributed by atoms with Crippen molar-refractivity contribution in [3.05, 3.63) is 95.1 Å². The molecule has 0 radical (unpaired) electrons. The first-order chi connectivity index (χ1) is 16.8. The van der Waals surface area contributed by atoms with Crippen molar-refractivity contribution in [2.75, 3.05) is 24.4 Å². The molecule has 1 saturated heterocycles. The van der Waals surface area contributed by atoms with E-state index in [1.807, 2.05) is 31.2 Å². The van der Waals surface area contributed by atoms with Crippen LogP contribution in [-0.2, 0) is 27.8 Å². The van der Waals surface area contributed by atoms with E-state index >= 15 is 0 Å². The molecule has 1 heterocycles. The Balaban J connectivity index is 1.34. The number of rotatable bonds is 8. The number of aryl methyl sites for hydroxylation is 1. The molecular weight excluding hydrogens is 462 g/mol. The zero-order valence-corrected chi connectivity index (χ0v) is 20.8. The molecule has 3 aromatic rings. The van der Waals surface area contributed by atoms with Crippen LogP contribution in [0.3, 0.4) is 0 Å². The lowest BCUT2D eigenvalue weighted by Crippen LogP contribution is -2.40. The average molecular weight is 494 g/mol. The third-order valence-electron chi connectivity index (χ3n) is 5.99. The summed E-state index contributed by atoms with van der Waals surface area (Å²) >= 11 is 0. The van der Waals surface area contributed by atoms with E-state index < -0.39 is 10.0 Å². The van der Waals surface area contributed by atoms with Gasteiger partial charge in [0.05, 0.1) is 23.3 Å². The van der Waals surface area contributed by atoms with Crippen LogP contribution in [0, 0.1) is 6.92 Å². The van der Waals surface area contributed by atoms with Gasteiger partial charge in [0.15, 0.2) is 0 Å². The zero-order chi connectivity index (χ0) is 24.8. The average Bonchev–Trinajstić information content (AvgIpc) is 2.84. The van der Waals surface area contributed by atoms with Gasteiger partial charge in [-0.2, -0.15) is 0 Å². The van der Waals surface area contributed by atoms with Crippen LogP contribution >= 0.6 is 0 Å². The number of sulfonamides is 1. The van der Waals surface area contributed by atoms with Crippen LogP contribution in [0.5, 0.6) is 0 Å². The Bertz CT molecular complexity index is 1280. The third kappa shape index (κ3) is 6.69. The number of anilines is 1. The van der Waals surface area contributed by atoms with Gasteiger partial charge < -0.3 is 10.1 Å². The van der Waals surface area contributed by atoms with E-state index in [4.69, 9.17) is 4.74 Å².